The molecule has 0 bridgehead atoms. The summed E-state index contributed by atoms with van der Waals surface area (Å²) in [5.41, 5.74) is 3.77. The summed E-state index contributed by atoms with van der Waals surface area (Å²) in [5, 5.41) is 13.1. The third-order valence-electron chi connectivity index (χ3n) is 6.48. The molecule has 0 unspecified atom stereocenters. The predicted molar refractivity (Wildman–Crippen MR) is 146 cm³/mol. The molecular weight excluding hydrogens is 485 g/mol. The molecule has 0 aromatic heterocycles. The van der Waals surface area contributed by atoms with Gasteiger partial charge in [-0.1, -0.05) is 109 Å². The summed E-state index contributed by atoms with van der Waals surface area (Å²) in [4.78, 5) is 12.8. The van der Waals surface area contributed by atoms with Gasteiger partial charge in [-0.25, -0.2) is 4.39 Å². The molecule has 3 nitrogen and oxygen atoms in total. The number of amides is 1. The quantitative estimate of drug-likeness (QED) is 0.230. The Kier molecular flexibility index (Phi) is 6.76. The number of rotatable bonds is 6. The van der Waals surface area contributed by atoms with E-state index < -0.39 is 22.9 Å². The monoisotopic (exact) mass is 507 g/mol. The van der Waals surface area contributed by atoms with Crippen LogP contribution in [-0.2, 0) is 5.41 Å². The van der Waals surface area contributed by atoms with Gasteiger partial charge in [0.1, 0.15) is 11.6 Å². The van der Waals surface area contributed by atoms with Gasteiger partial charge in [0, 0.05) is 6.07 Å². The molecule has 0 saturated carbocycles. The van der Waals surface area contributed by atoms with E-state index in [0.717, 1.165) is 34.4 Å². The first-order valence-corrected chi connectivity index (χ1v) is 12.1. The lowest BCUT2D eigenvalue weighted by molar-refractivity contribution is 0.102. The maximum absolute atomic E-state index is 13.4. The molecule has 0 aliphatic rings. The number of phenols is 1. The van der Waals surface area contributed by atoms with Crippen LogP contribution in [0, 0.1) is 5.82 Å². The van der Waals surface area contributed by atoms with Crippen LogP contribution in [0.15, 0.2) is 127 Å². The fourth-order valence-corrected chi connectivity index (χ4v) is 5.03. The van der Waals surface area contributed by atoms with Crippen LogP contribution in [0.25, 0.3) is 0 Å². The van der Waals surface area contributed by atoms with Gasteiger partial charge in [0.25, 0.3) is 5.91 Å². The molecule has 5 heteroatoms. The van der Waals surface area contributed by atoms with Crippen molar-refractivity contribution in [3.05, 3.63) is 166 Å². The highest BCUT2D eigenvalue weighted by atomic mass is 35.5. The summed E-state index contributed by atoms with van der Waals surface area (Å²) in [6, 6.07) is 39.4. The highest BCUT2D eigenvalue weighted by Crippen LogP contribution is 2.46. The Morgan fingerprint density at radius 1 is 0.676 bits per heavy atom. The molecule has 0 radical (unpaired) electrons. The Bertz CT molecular complexity index is 1440. The lowest BCUT2D eigenvalue weighted by Gasteiger charge is -2.37. The number of benzene rings is 5. The van der Waals surface area contributed by atoms with E-state index in [9.17, 15) is 14.3 Å². The minimum atomic E-state index is -0.675. The normalized spacial score (nSPS) is 11.2. The second-order valence-corrected chi connectivity index (χ2v) is 9.07. The molecule has 0 spiro atoms. The highest BCUT2D eigenvalue weighted by molar-refractivity contribution is 6.34. The number of phenolic OH excluding ortho intramolecular Hbond substituents is 1. The topological polar surface area (TPSA) is 49.3 Å². The summed E-state index contributed by atoms with van der Waals surface area (Å²) >= 11 is 6.76. The number of aromatic hydroxyl groups is 1. The molecule has 5 aromatic carbocycles. The molecule has 5 aromatic rings. The molecule has 0 atom stereocenters. The van der Waals surface area contributed by atoms with Crippen molar-refractivity contribution in [1.82, 2.24) is 0 Å². The zero-order valence-corrected chi connectivity index (χ0v) is 20.5. The van der Waals surface area contributed by atoms with Crippen molar-refractivity contribution in [2.45, 2.75) is 5.41 Å². The van der Waals surface area contributed by atoms with Crippen LogP contribution >= 0.6 is 11.6 Å². The third-order valence-corrected chi connectivity index (χ3v) is 6.79. The average Bonchev–Trinajstić information content (AvgIpc) is 2.92. The van der Waals surface area contributed by atoms with E-state index in [2.05, 4.69) is 41.7 Å². The Hall–Kier alpha value is -4.41. The average molecular weight is 508 g/mol. The van der Waals surface area contributed by atoms with Crippen molar-refractivity contribution >= 4 is 23.2 Å². The van der Waals surface area contributed by atoms with Gasteiger partial charge >= 0.3 is 0 Å². The zero-order chi connectivity index (χ0) is 25.8. The van der Waals surface area contributed by atoms with Crippen molar-refractivity contribution in [1.29, 1.82) is 0 Å². The molecule has 5 rings (SSSR count). The van der Waals surface area contributed by atoms with E-state index >= 15 is 0 Å². The molecule has 0 aliphatic carbocycles. The van der Waals surface area contributed by atoms with Crippen LogP contribution in [0.4, 0.5) is 10.1 Å². The Balaban J connectivity index is 1.65. The fourth-order valence-electron chi connectivity index (χ4n) is 4.80. The molecule has 0 fully saturated rings. The van der Waals surface area contributed by atoms with E-state index in [1.165, 1.54) is 6.07 Å². The molecule has 0 heterocycles. The molecule has 2 N–H and O–H groups in total. The van der Waals surface area contributed by atoms with Crippen LogP contribution in [0.2, 0.25) is 5.02 Å². The van der Waals surface area contributed by atoms with Crippen molar-refractivity contribution in [3.63, 3.8) is 0 Å². The minimum Gasteiger partial charge on any atom is -0.507 e. The third kappa shape index (κ3) is 4.59. The maximum Gasteiger partial charge on any atom is 0.259 e. The number of hydrogen-bond acceptors (Lipinski definition) is 2. The van der Waals surface area contributed by atoms with Gasteiger partial charge < -0.3 is 10.4 Å². The number of carbonyl (C=O) groups is 1. The highest BCUT2D eigenvalue weighted by Gasteiger charge is 2.38. The van der Waals surface area contributed by atoms with E-state index in [1.54, 1.807) is 6.07 Å². The number of anilines is 1. The first-order valence-electron chi connectivity index (χ1n) is 11.8. The molecule has 0 aliphatic heterocycles. The summed E-state index contributed by atoms with van der Waals surface area (Å²) < 4.78 is 13.4. The molecule has 182 valence electrons. The Morgan fingerprint density at radius 2 is 1.19 bits per heavy atom. The second-order valence-electron chi connectivity index (χ2n) is 8.66. The van der Waals surface area contributed by atoms with Gasteiger partial charge in [-0.05, 0) is 46.5 Å². The summed E-state index contributed by atoms with van der Waals surface area (Å²) in [7, 11) is 0. The largest absolute Gasteiger partial charge is 0.507 e. The minimum absolute atomic E-state index is 0.0475. The van der Waals surface area contributed by atoms with Crippen molar-refractivity contribution < 1.29 is 14.3 Å². The molecule has 1 amide bonds. The standard InChI is InChI=1S/C32H23ClFNO2/c33-28-20-25(16-19-29(28)35-31(37)27-18-17-26(34)21-30(27)36)32(22-10-4-1-5-11-22,23-12-6-2-7-13-23)24-14-8-3-9-15-24/h1-21,36H,(H,35,37). The zero-order valence-electron chi connectivity index (χ0n) is 19.7. The van der Waals surface area contributed by atoms with Gasteiger partial charge in [0.05, 0.1) is 21.7 Å². The Morgan fingerprint density at radius 3 is 1.65 bits per heavy atom. The van der Waals surface area contributed by atoms with Crippen LogP contribution in [-0.4, -0.2) is 11.0 Å². The lowest BCUT2D eigenvalue weighted by atomic mass is 9.65. The van der Waals surface area contributed by atoms with Gasteiger partial charge in [0.2, 0.25) is 0 Å². The fraction of sp³-hybridized carbons (Fsp3) is 0.0312. The van der Waals surface area contributed by atoms with Gasteiger partial charge in [-0.3, -0.25) is 4.79 Å². The van der Waals surface area contributed by atoms with Gasteiger partial charge in [0.15, 0.2) is 0 Å². The van der Waals surface area contributed by atoms with Crippen molar-refractivity contribution in [2.24, 2.45) is 0 Å². The first-order chi connectivity index (χ1) is 18.0. The SMILES string of the molecule is O=C(Nc1ccc(C(c2ccccc2)(c2ccccc2)c2ccccc2)cc1Cl)c1ccc(F)cc1O. The number of hydrogen-bond donors (Lipinski definition) is 2. The summed E-state index contributed by atoms with van der Waals surface area (Å²) in [6.07, 6.45) is 0. The summed E-state index contributed by atoms with van der Waals surface area (Å²) in [6.45, 7) is 0. The van der Waals surface area contributed by atoms with Crippen molar-refractivity contribution in [3.8, 4) is 5.75 Å². The van der Waals surface area contributed by atoms with Crippen LogP contribution < -0.4 is 5.32 Å². The number of nitrogens with one attached hydrogen (secondary N) is 1. The van der Waals surface area contributed by atoms with E-state index in [4.69, 9.17) is 11.6 Å². The lowest BCUT2D eigenvalue weighted by Crippen LogP contribution is -2.31. The van der Waals surface area contributed by atoms with Crippen LogP contribution in [0.1, 0.15) is 32.6 Å². The van der Waals surface area contributed by atoms with Crippen LogP contribution in [0.5, 0.6) is 5.75 Å². The molecule has 0 saturated heterocycles. The van der Waals surface area contributed by atoms with Gasteiger partial charge in [-0.15, -0.1) is 0 Å². The van der Waals surface area contributed by atoms with Gasteiger partial charge in [-0.2, -0.15) is 0 Å². The maximum atomic E-state index is 13.4. The number of carbonyl (C=O) groups excluding carboxylic acids is 1. The Labute approximate surface area is 219 Å². The molecule has 37 heavy (non-hydrogen) atoms. The van der Waals surface area contributed by atoms with E-state index in [1.807, 2.05) is 66.7 Å². The second kappa shape index (κ2) is 10.3. The van der Waals surface area contributed by atoms with Crippen molar-refractivity contribution in [2.75, 3.05) is 5.32 Å². The van der Waals surface area contributed by atoms with E-state index in [0.29, 0.717) is 10.7 Å². The smallest absolute Gasteiger partial charge is 0.259 e. The molecular formula is C32H23ClFNO2. The van der Waals surface area contributed by atoms with Crippen LogP contribution in [0.3, 0.4) is 0 Å². The first kappa shape index (κ1) is 24.3. The predicted octanol–water partition coefficient (Wildman–Crippen LogP) is 7.82. The van der Waals surface area contributed by atoms with E-state index in [-0.39, 0.29) is 5.56 Å². The summed E-state index contributed by atoms with van der Waals surface area (Å²) in [5.74, 6) is -1.66. The number of halogens is 2.